The third kappa shape index (κ3) is 6.46. The van der Waals surface area contributed by atoms with Gasteiger partial charge in [0.1, 0.15) is 11.8 Å². The van der Waals surface area contributed by atoms with Gasteiger partial charge in [0.2, 0.25) is 5.88 Å². The summed E-state index contributed by atoms with van der Waals surface area (Å²) in [4.78, 5) is 16.3. The van der Waals surface area contributed by atoms with E-state index in [1.165, 1.54) is 0 Å². The average Bonchev–Trinajstić information content (AvgIpc) is 3.14. The SMILES string of the molecule is COc1ccc(CNC(=O)N[C@H](COCC(C)C)c2ccco2)cn1. The van der Waals surface area contributed by atoms with Crippen LogP contribution in [0.15, 0.2) is 41.1 Å². The Morgan fingerprint density at radius 2 is 2.12 bits per heavy atom. The number of carbonyl (C=O) groups excluding carboxylic acids is 1. The number of amides is 2. The van der Waals surface area contributed by atoms with E-state index in [0.29, 0.717) is 37.3 Å². The molecule has 1 atom stereocenters. The van der Waals surface area contributed by atoms with Gasteiger partial charge in [-0.1, -0.05) is 19.9 Å². The minimum atomic E-state index is -0.345. The maximum Gasteiger partial charge on any atom is 0.315 e. The molecule has 0 saturated carbocycles. The Bertz CT molecular complexity index is 626. The number of aromatic nitrogens is 1. The van der Waals surface area contributed by atoms with Crippen LogP contribution in [0, 0.1) is 5.92 Å². The van der Waals surface area contributed by atoms with E-state index < -0.39 is 0 Å². The first-order chi connectivity index (χ1) is 12.1. The first-order valence-electron chi connectivity index (χ1n) is 8.23. The molecule has 0 radical (unpaired) electrons. The number of nitrogens with one attached hydrogen (secondary N) is 2. The molecule has 0 saturated heterocycles. The molecule has 25 heavy (non-hydrogen) atoms. The molecular weight excluding hydrogens is 322 g/mol. The number of pyridine rings is 1. The van der Waals surface area contributed by atoms with Gasteiger partial charge in [0.05, 0.1) is 20.0 Å². The smallest absolute Gasteiger partial charge is 0.315 e. The van der Waals surface area contributed by atoms with Gasteiger partial charge in [-0.05, 0) is 23.6 Å². The van der Waals surface area contributed by atoms with Crippen LogP contribution in [0.1, 0.15) is 31.2 Å². The second kappa shape index (κ2) is 9.68. The number of ether oxygens (including phenoxy) is 2. The van der Waals surface area contributed by atoms with Gasteiger partial charge in [-0.3, -0.25) is 0 Å². The van der Waals surface area contributed by atoms with Crippen molar-refractivity contribution in [3.63, 3.8) is 0 Å². The summed E-state index contributed by atoms with van der Waals surface area (Å²) >= 11 is 0. The Hall–Kier alpha value is -2.54. The fourth-order valence-corrected chi connectivity index (χ4v) is 2.13. The number of urea groups is 1. The van der Waals surface area contributed by atoms with Crippen LogP contribution in [0.3, 0.4) is 0 Å². The maximum absolute atomic E-state index is 12.2. The Labute approximate surface area is 147 Å². The lowest BCUT2D eigenvalue weighted by molar-refractivity contribution is 0.0868. The van der Waals surface area contributed by atoms with E-state index in [2.05, 4.69) is 29.5 Å². The van der Waals surface area contributed by atoms with Gasteiger partial charge in [-0.25, -0.2) is 9.78 Å². The number of nitrogens with zero attached hydrogens (tertiary/aromatic N) is 1. The van der Waals surface area contributed by atoms with E-state index in [1.54, 1.807) is 31.7 Å². The van der Waals surface area contributed by atoms with E-state index in [-0.39, 0.29) is 12.1 Å². The highest BCUT2D eigenvalue weighted by molar-refractivity contribution is 5.74. The monoisotopic (exact) mass is 347 g/mol. The Morgan fingerprint density at radius 3 is 2.72 bits per heavy atom. The second-order valence-electron chi connectivity index (χ2n) is 6.04. The highest BCUT2D eigenvalue weighted by atomic mass is 16.5. The summed E-state index contributed by atoms with van der Waals surface area (Å²) in [5.41, 5.74) is 0.876. The third-order valence-electron chi connectivity index (χ3n) is 3.39. The molecule has 0 fully saturated rings. The van der Waals surface area contributed by atoms with E-state index in [4.69, 9.17) is 13.9 Å². The molecule has 0 aliphatic carbocycles. The molecule has 0 bridgehead atoms. The van der Waals surface area contributed by atoms with Crippen LogP contribution >= 0.6 is 0 Å². The first-order valence-corrected chi connectivity index (χ1v) is 8.23. The van der Waals surface area contributed by atoms with Crippen molar-refractivity contribution < 1.29 is 18.7 Å². The van der Waals surface area contributed by atoms with Gasteiger partial charge in [-0.15, -0.1) is 0 Å². The first kappa shape index (κ1) is 18.8. The number of rotatable bonds is 9. The summed E-state index contributed by atoms with van der Waals surface area (Å²) < 4.78 is 16.0. The topological polar surface area (TPSA) is 85.6 Å². The van der Waals surface area contributed by atoms with Crippen molar-refractivity contribution in [2.75, 3.05) is 20.3 Å². The molecule has 136 valence electrons. The van der Waals surface area contributed by atoms with Crippen molar-refractivity contribution >= 4 is 6.03 Å². The predicted molar refractivity (Wildman–Crippen MR) is 93.3 cm³/mol. The zero-order valence-corrected chi connectivity index (χ0v) is 14.8. The molecule has 2 heterocycles. The summed E-state index contributed by atoms with van der Waals surface area (Å²) in [6.07, 6.45) is 3.24. The molecule has 2 amide bonds. The summed E-state index contributed by atoms with van der Waals surface area (Å²) in [5, 5.41) is 5.67. The fraction of sp³-hybridized carbons (Fsp3) is 0.444. The van der Waals surface area contributed by atoms with Crippen molar-refractivity contribution in [2.45, 2.75) is 26.4 Å². The zero-order valence-electron chi connectivity index (χ0n) is 14.8. The number of methoxy groups -OCH3 is 1. The largest absolute Gasteiger partial charge is 0.481 e. The average molecular weight is 347 g/mol. The van der Waals surface area contributed by atoms with Crippen molar-refractivity contribution in [3.05, 3.63) is 48.0 Å². The predicted octanol–water partition coefficient (Wildman–Crippen LogP) is 2.90. The maximum atomic E-state index is 12.2. The standard InChI is InChI=1S/C18H25N3O4/c1-13(2)11-24-12-15(16-5-4-8-25-16)21-18(22)20-10-14-6-7-17(23-3)19-9-14/h4-9,13,15H,10-12H2,1-3H3,(H2,20,21,22)/t15-/m1/s1. The summed E-state index contributed by atoms with van der Waals surface area (Å²) in [7, 11) is 1.56. The van der Waals surface area contributed by atoms with E-state index in [1.807, 2.05) is 12.1 Å². The normalized spacial score (nSPS) is 12.0. The van der Waals surface area contributed by atoms with Gasteiger partial charge in [0.25, 0.3) is 0 Å². The van der Waals surface area contributed by atoms with Crippen LogP contribution in [0.5, 0.6) is 5.88 Å². The van der Waals surface area contributed by atoms with E-state index in [0.717, 1.165) is 5.56 Å². The lowest BCUT2D eigenvalue weighted by Gasteiger charge is -2.18. The summed E-state index contributed by atoms with van der Waals surface area (Å²) in [6, 6.07) is 6.56. The Morgan fingerprint density at radius 1 is 1.28 bits per heavy atom. The van der Waals surface area contributed by atoms with Crippen LogP contribution in [-0.4, -0.2) is 31.3 Å². The molecule has 0 aromatic carbocycles. The van der Waals surface area contributed by atoms with Gasteiger partial charge in [0.15, 0.2) is 0 Å². The van der Waals surface area contributed by atoms with Gasteiger partial charge in [-0.2, -0.15) is 0 Å². The molecule has 0 unspecified atom stereocenters. The van der Waals surface area contributed by atoms with Crippen molar-refractivity contribution in [3.8, 4) is 5.88 Å². The highest BCUT2D eigenvalue weighted by Gasteiger charge is 2.17. The van der Waals surface area contributed by atoms with Crippen LogP contribution in [0.2, 0.25) is 0 Å². The number of carbonyl (C=O) groups is 1. The fourth-order valence-electron chi connectivity index (χ4n) is 2.13. The number of hydrogen-bond acceptors (Lipinski definition) is 5. The van der Waals surface area contributed by atoms with Gasteiger partial charge >= 0.3 is 6.03 Å². The zero-order chi connectivity index (χ0) is 18.1. The molecule has 0 aliphatic rings. The molecule has 0 spiro atoms. The second-order valence-corrected chi connectivity index (χ2v) is 6.04. The van der Waals surface area contributed by atoms with Crippen LogP contribution < -0.4 is 15.4 Å². The van der Waals surface area contributed by atoms with Gasteiger partial charge < -0.3 is 24.5 Å². The quantitative estimate of drug-likeness (QED) is 0.728. The van der Waals surface area contributed by atoms with Crippen LogP contribution in [-0.2, 0) is 11.3 Å². The lowest BCUT2D eigenvalue weighted by Crippen LogP contribution is -2.39. The van der Waals surface area contributed by atoms with Crippen LogP contribution in [0.25, 0.3) is 0 Å². The van der Waals surface area contributed by atoms with E-state index >= 15 is 0 Å². The highest BCUT2D eigenvalue weighted by Crippen LogP contribution is 2.14. The number of hydrogen-bond donors (Lipinski definition) is 2. The third-order valence-corrected chi connectivity index (χ3v) is 3.39. The molecule has 2 aromatic heterocycles. The van der Waals surface area contributed by atoms with Gasteiger partial charge in [0, 0.05) is 25.4 Å². The van der Waals surface area contributed by atoms with Crippen LogP contribution in [0.4, 0.5) is 4.79 Å². The molecule has 2 N–H and O–H groups in total. The lowest BCUT2D eigenvalue weighted by atomic mass is 10.2. The van der Waals surface area contributed by atoms with Crippen molar-refractivity contribution in [1.82, 2.24) is 15.6 Å². The minimum absolute atomic E-state index is 0.301. The molecule has 7 nitrogen and oxygen atoms in total. The number of furan rings is 1. The van der Waals surface area contributed by atoms with Crippen molar-refractivity contribution in [1.29, 1.82) is 0 Å². The Balaban J connectivity index is 1.85. The summed E-state index contributed by atoms with van der Waals surface area (Å²) in [5.74, 6) is 1.62. The molecule has 2 aromatic rings. The van der Waals surface area contributed by atoms with E-state index in [9.17, 15) is 4.79 Å². The molecule has 0 aliphatic heterocycles. The molecule has 2 rings (SSSR count). The summed E-state index contributed by atoms with van der Waals surface area (Å²) in [6.45, 7) is 5.48. The molecular formula is C18H25N3O4. The molecule has 7 heteroatoms. The minimum Gasteiger partial charge on any atom is -0.481 e. The Kier molecular flexibility index (Phi) is 7.28. The van der Waals surface area contributed by atoms with Crippen molar-refractivity contribution in [2.24, 2.45) is 5.92 Å².